The normalized spacial score (nSPS) is 15.9. The second kappa shape index (κ2) is 9.38. The highest BCUT2D eigenvalue weighted by Crippen LogP contribution is 2.35. The third kappa shape index (κ3) is 5.11. The van der Waals surface area contributed by atoms with E-state index in [2.05, 4.69) is 39.4 Å². The first kappa shape index (κ1) is 19.9. The van der Waals surface area contributed by atoms with E-state index in [1.54, 1.807) is 7.11 Å². The Morgan fingerprint density at radius 3 is 2.52 bits per heavy atom. The molecule has 2 aromatic carbocycles. The number of carbonyl (C=O) groups is 1. The lowest BCUT2D eigenvalue weighted by atomic mass is 9.74. The van der Waals surface area contributed by atoms with Gasteiger partial charge in [-0.1, -0.05) is 46.3 Å². The van der Waals surface area contributed by atoms with Gasteiger partial charge in [0.15, 0.2) is 0 Å². The van der Waals surface area contributed by atoms with Crippen LogP contribution < -0.4 is 10.1 Å². The van der Waals surface area contributed by atoms with Crippen molar-refractivity contribution in [3.05, 3.63) is 64.1 Å². The highest BCUT2D eigenvalue weighted by atomic mass is 79.9. The molecule has 4 nitrogen and oxygen atoms in total. The predicted octanol–water partition coefficient (Wildman–Crippen LogP) is 4.25. The minimum atomic E-state index is -0.0759. The Morgan fingerprint density at radius 1 is 1.15 bits per heavy atom. The molecule has 1 saturated heterocycles. The van der Waals surface area contributed by atoms with E-state index in [4.69, 9.17) is 9.47 Å². The van der Waals surface area contributed by atoms with Gasteiger partial charge in [-0.2, -0.15) is 0 Å². The van der Waals surface area contributed by atoms with Crippen LogP contribution in [0.25, 0.3) is 0 Å². The first-order valence-corrected chi connectivity index (χ1v) is 10.1. The molecule has 1 N–H and O–H groups in total. The molecule has 0 spiro atoms. The summed E-state index contributed by atoms with van der Waals surface area (Å²) in [5, 5.41) is 3.17. The van der Waals surface area contributed by atoms with Gasteiger partial charge >= 0.3 is 0 Å². The summed E-state index contributed by atoms with van der Waals surface area (Å²) in [5.74, 6) is 0.934. The molecule has 1 amide bonds. The van der Waals surface area contributed by atoms with Crippen molar-refractivity contribution in [3.63, 3.8) is 0 Å². The van der Waals surface area contributed by atoms with E-state index >= 15 is 0 Å². The molecule has 0 aromatic heterocycles. The van der Waals surface area contributed by atoms with E-state index in [1.807, 2.05) is 30.3 Å². The van der Waals surface area contributed by atoms with Crippen molar-refractivity contribution >= 4 is 21.8 Å². The van der Waals surface area contributed by atoms with Gasteiger partial charge < -0.3 is 14.8 Å². The molecule has 27 heavy (non-hydrogen) atoms. The van der Waals surface area contributed by atoms with Crippen molar-refractivity contribution in [1.29, 1.82) is 0 Å². The highest BCUT2D eigenvalue weighted by molar-refractivity contribution is 9.10. The van der Waals surface area contributed by atoms with Crippen LogP contribution in [-0.2, 0) is 21.4 Å². The molecule has 0 atom stereocenters. The van der Waals surface area contributed by atoms with Crippen molar-refractivity contribution in [2.75, 3.05) is 26.9 Å². The number of aryl methyl sites for hydroxylation is 1. The average molecular weight is 432 g/mol. The molecule has 0 radical (unpaired) electrons. The van der Waals surface area contributed by atoms with E-state index < -0.39 is 0 Å². The van der Waals surface area contributed by atoms with E-state index in [0.29, 0.717) is 13.0 Å². The Hall–Kier alpha value is -1.85. The van der Waals surface area contributed by atoms with Crippen LogP contribution in [0.2, 0.25) is 0 Å². The number of benzene rings is 2. The lowest BCUT2D eigenvalue weighted by Gasteiger charge is -2.38. The van der Waals surface area contributed by atoms with Gasteiger partial charge in [0.1, 0.15) is 5.75 Å². The Balaban J connectivity index is 1.62. The number of rotatable bonds is 7. The standard InChI is InChI=1S/C22H26BrNO3/c1-26-19-9-7-18(8-10-19)22(12-14-27-15-13-22)16-24-21(25)11-6-17-4-2-3-5-20(17)23/h2-5,7-10H,6,11-16H2,1H3,(H,24,25). The number of halogens is 1. The first-order valence-electron chi connectivity index (χ1n) is 9.35. The summed E-state index contributed by atoms with van der Waals surface area (Å²) in [6.07, 6.45) is 3.03. The first-order chi connectivity index (χ1) is 13.1. The largest absolute Gasteiger partial charge is 0.497 e. The minimum absolute atomic E-state index is 0.0759. The monoisotopic (exact) mass is 431 g/mol. The maximum atomic E-state index is 12.5. The molecule has 0 bridgehead atoms. The molecule has 5 heteroatoms. The summed E-state index contributed by atoms with van der Waals surface area (Å²) in [6.45, 7) is 2.08. The summed E-state index contributed by atoms with van der Waals surface area (Å²) < 4.78 is 11.9. The summed E-state index contributed by atoms with van der Waals surface area (Å²) in [4.78, 5) is 12.5. The summed E-state index contributed by atoms with van der Waals surface area (Å²) >= 11 is 3.54. The summed E-state index contributed by atoms with van der Waals surface area (Å²) in [7, 11) is 1.67. The molecule has 3 rings (SSSR count). The number of carbonyl (C=O) groups excluding carboxylic acids is 1. The predicted molar refractivity (Wildman–Crippen MR) is 110 cm³/mol. The van der Waals surface area contributed by atoms with Gasteiger partial charge in [0.05, 0.1) is 7.11 Å². The number of hydrogen-bond acceptors (Lipinski definition) is 3. The SMILES string of the molecule is COc1ccc(C2(CNC(=O)CCc3ccccc3Br)CCOCC2)cc1. The highest BCUT2D eigenvalue weighted by Gasteiger charge is 2.34. The molecular weight excluding hydrogens is 406 g/mol. The fourth-order valence-corrected chi connectivity index (χ4v) is 4.06. The molecule has 0 saturated carbocycles. The minimum Gasteiger partial charge on any atom is -0.497 e. The van der Waals surface area contributed by atoms with E-state index in [9.17, 15) is 4.79 Å². The van der Waals surface area contributed by atoms with Crippen LogP contribution in [0.15, 0.2) is 53.0 Å². The quantitative estimate of drug-likeness (QED) is 0.712. The molecule has 0 aliphatic carbocycles. The molecule has 144 valence electrons. The molecule has 1 fully saturated rings. The van der Waals surface area contributed by atoms with Crippen molar-refractivity contribution < 1.29 is 14.3 Å². The molecule has 1 aliphatic heterocycles. The van der Waals surface area contributed by atoms with Crippen LogP contribution in [-0.4, -0.2) is 32.8 Å². The van der Waals surface area contributed by atoms with Crippen LogP contribution in [0.3, 0.4) is 0 Å². The zero-order chi connectivity index (χ0) is 19.1. The fraction of sp³-hybridized carbons (Fsp3) is 0.409. The smallest absolute Gasteiger partial charge is 0.220 e. The number of hydrogen-bond donors (Lipinski definition) is 1. The number of ether oxygens (including phenoxy) is 2. The van der Waals surface area contributed by atoms with Crippen LogP contribution in [0.5, 0.6) is 5.75 Å². The van der Waals surface area contributed by atoms with Crippen molar-refractivity contribution in [1.82, 2.24) is 5.32 Å². The lowest BCUT2D eigenvalue weighted by molar-refractivity contribution is -0.121. The Morgan fingerprint density at radius 2 is 1.85 bits per heavy atom. The van der Waals surface area contributed by atoms with Crippen LogP contribution in [0.1, 0.15) is 30.4 Å². The lowest BCUT2D eigenvalue weighted by Crippen LogP contribution is -2.44. The maximum Gasteiger partial charge on any atom is 0.220 e. The van der Waals surface area contributed by atoms with Crippen molar-refractivity contribution in [2.45, 2.75) is 31.1 Å². The van der Waals surface area contributed by atoms with E-state index in [1.165, 1.54) is 5.56 Å². The Bertz CT molecular complexity index is 754. The van der Waals surface area contributed by atoms with Gasteiger partial charge in [-0.15, -0.1) is 0 Å². The second-order valence-electron chi connectivity index (χ2n) is 6.99. The number of methoxy groups -OCH3 is 1. The van der Waals surface area contributed by atoms with Crippen LogP contribution in [0, 0.1) is 0 Å². The van der Waals surface area contributed by atoms with E-state index in [-0.39, 0.29) is 11.3 Å². The second-order valence-corrected chi connectivity index (χ2v) is 7.84. The van der Waals surface area contributed by atoms with Crippen molar-refractivity contribution in [2.24, 2.45) is 0 Å². The molecule has 0 unspecified atom stereocenters. The van der Waals surface area contributed by atoms with Crippen LogP contribution >= 0.6 is 15.9 Å². The van der Waals surface area contributed by atoms with E-state index in [0.717, 1.165) is 48.3 Å². The van der Waals surface area contributed by atoms with Gasteiger partial charge in [0.25, 0.3) is 0 Å². The zero-order valence-electron chi connectivity index (χ0n) is 15.7. The Kier molecular flexibility index (Phi) is 6.91. The van der Waals surface area contributed by atoms with Crippen LogP contribution in [0.4, 0.5) is 0 Å². The van der Waals surface area contributed by atoms with Gasteiger partial charge in [-0.3, -0.25) is 4.79 Å². The molecular formula is C22H26BrNO3. The molecule has 1 aliphatic rings. The maximum absolute atomic E-state index is 12.5. The summed E-state index contributed by atoms with van der Waals surface area (Å²) in [6, 6.07) is 16.2. The Labute approximate surface area is 169 Å². The fourth-order valence-electron chi connectivity index (χ4n) is 3.58. The average Bonchev–Trinajstić information content (AvgIpc) is 2.72. The topological polar surface area (TPSA) is 47.6 Å². The molecule has 1 heterocycles. The third-order valence-corrected chi connectivity index (χ3v) is 6.13. The number of amides is 1. The third-order valence-electron chi connectivity index (χ3n) is 5.36. The van der Waals surface area contributed by atoms with Gasteiger partial charge in [0.2, 0.25) is 5.91 Å². The van der Waals surface area contributed by atoms with Gasteiger partial charge in [0, 0.05) is 36.1 Å². The number of nitrogens with one attached hydrogen (secondary N) is 1. The summed E-state index contributed by atoms with van der Waals surface area (Å²) in [5.41, 5.74) is 2.31. The van der Waals surface area contributed by atoms with Gasteiger partial charge in [-0.25, -0.2) is 0 Å². The van der Waals surface area contributed by atoms with Crippen molar-refractivity contribution in [3.8, 4) is 5.75 Å². The molecule has 2 aromatic rings. The van der Waals surface area contributed by atoms with Gasteiger partial charge in [-0.05, 0) is 48.6 Å². The zero-order valence-corrected chi connectivity index (χ0v) is 17.3.